The first-order chi connectivity index (χ1) is 16.1. The zero-order valence-corrected chi connectivity index (χ0v) is 17.6. The van der Waals surface area contributed by atoms with E-state index in [9.17, 15) is 9.18 Å². The van der Waals surface area contributed by atoms with Crippen LogP contribution in [0, 0.1) is 12.7 Å². The number of anilines is 1. The van der Waals surface area contributed by atoms with Crippen molar-refractivity contribution < 1.29 is 9.18 Å². The molecule has 5 rings (SSSR count). The molecular weight excluding hydrogens is 421 g/mol. The van der Waals surface area contributed by atoms with Crippen LogP contribution in [-0.4, -0.2) is 35.9 Å². The van der Waals surface area contributed by atoms with Crippen molar-refractivity contribution in [3.63, 3.8) is 0 Å². The summed E-state index contributed by atoms with van der Waals surface area (Å²) in [6, 6.07) is 23.1. The van der Waals surface area contributed by atoms with Gasteiger partial charge in [0.15, 0.2) is 5.82 Å². The van der Waals surface area contributed by atoms with E-state index < -0.39 is 11.7 Å². The SMILES string of the molecule is Cc1nnnn1-c1ccc(F)c(NC(=O)c2cn(-c3ccccc3)nc2-c2ccccc2)c1. The van der Waals surface area contributed by atoms with E-state index in [0.717, 1.165) is 11.3 Å². The average Bonchev–Trinajstić information content (AvgIpc) is 3.48. The van der Waals surface area contributed by atoms with Crippen molar-refractivity contribution in [1.82, 2.24) is 30.0 Å². The molecule has 1 N–H and O–H groups in total. The van der Waals surface area contributed by atoms with Crippen LogP contribution in [0.3, 0.4) is 0 Å². The van der Waals surface area contributed by atoms with Gasteiger partial charge < -0.3 is 5.32 Å². The number of benzene rings is 3. The number of carbonyl (C=O) groups excluding carboxylic acids is 1. The number of hydrogen-bond acceptors (Lipinski definition) is 5. The number of aryl methyl sites for hydroxylation is 1. The first-order valence-corrected chi connectivity index (χ1v) is 10.2. The first kappa shape index (κ1) is 20.3. The lowest BCUT2D eigenvalue weighted by Crippen LogP contribution is -2.14. The van der Waals surface area contributed by atoms with Gasteiger partial charge in [0.05, 0.1) is 22.6 Å². The minimum Gasteiger partial charge on any atom is -0.319 e. The molecule has 162 valence electrons. The van der Waals surface area contributed by atoms with Crippen LogP contribution >= 0.6 is 0 Å². The Morgan fingerprint density at radius 1 is 0.939 bits per heavy atom. The molecule has 0 bridgehead atoms. The standard InChI is InChI=1S/C24H18FN7O/c1-16-27-29-30-32(16)19-12-13-21(25)22(14-19)26-24(33)20-15-31(18-10-6-3-7-11-18)28-23(20)17-8-4-2-5-9-17/h2-15H,1H3,(H,26,33). The van der Waals surface area contributed by atoms with Gasteiger partial charge in [-0.2, -0.15) is 9.78 Å². The van der Waals surface area contributed by atoms with Crippen molar-refractivity contribution in [2.45, 2.75) is 6.92 Å². The van der Waals surface area contributed by atoms with Crippen LogP contribution in [0.2, 0.25) is 0 Å². The predicted molar refractivity (Wildman–Crippen MR) is 121 cm³/mol. The molecule has 0 saturated heterocycles. The molecule has 1 amide bonds. The Morgan fingerprint density at radius 2 is 1.67 bits per heavy atom. The van der Waals surface area contributed by atoms with Crippen molar-refractivity contribution in [1.29, 1.82) is 0 Å². The minimum absolute atomic E-state index is 0.0128. The maximum Gasteiger partial charge on any atom is 0.259 e. The third-order valence-corrected chi connectivity index (χ3v) is 5.09. The smallest absolute Gasteiger partial charge is 0.259 e. The molecule has 0 aliphatic carbocycles. The van der Waals surface area contributed by atoms with E-state index in [0.29, 0.717) is 22.8 Å². The van der Waals surface area contributed by atoms with Gasteiger partial charge in [0.1, 0.15) is 11.5 Å². The highest BCUT2D eigenvalue weighted by molar-refractivity contribution is 6.08. The van der Waals surface area contributed by atoms with Gasteiger partial charge in [-0.1, -0.05) is 48.5 Å². The number of tetrazole rings is 1. The van der Waals surface area contributed by atoms with Gasteiger partial charge in [-0.05, 0) is 47.7 Å². The third kappa shape index (κ3) is 3.99. The van der Waals surface area contributed by atoms with Crippen molar-refractivity contribution in [2.75, 3.05) is 5.32 Å². The zero-order chi connectivity index (χ0) is 22.8. The Labute approximate surface area is 188 Å². The molecular formula is C24H18FN7O. The minimum atomic E-state index is -0.575. The highest BCUT2D eigenvalue weighted by Crippen LogP contribution is 2.26. The monoisotopic (exact) mass is 439 g/mol. The lowest BCUT2D eigenvalue weighted by atomic mass is 10.1. The van der Waals surface area contributed by atoms with E-state index in [2.05, 4.69) is 25.9 Å². The maximum atomic E-state index is 14.6. The van der Waals surface area contributed by atoms with Gasteiger partial charge in [0.25, 0.3) is 5.91 Å². The molecule has 0 unspecified atom stereocenters. The molecule has 0 aliphatic heterocycles. The van der Waals surface area contributed by atoms with Crippen LogP contribution in [0.25, 0.3) is 22.6 Å². The summed E-state index contributed by atoms with van der Waals surface area (Å²) in [6.07, 6.45) is 1.64. The number of hydrogen-bond donors (Lipinski definition) is 1. The maximum absolute atomic E-state index is 14.6. The molecule has 0 saturated carbocycles. The molecule has 2 aromatic heterocycles. The summed E-state index contributed by atoms with van der Waals surface area (Å²) in [4.78, 5) is 13.3. The number of nitrogens with one attached hydrogen (secondary N) is 1. The van der Waals surface area contributed by atoms with Crippen LogP contribution < -0.4 is 5.32 Å². The Kier molecular flexibility index (Phi) is 5.19. The summed E-state index contributed by atoms with van der Waals surface area (Å²) < 4.78 is 17.7. The van der Waals surface area contributed by atoms with Gasteiger partial charge in [-0.25, -0.2) is 9.07 Å². The first-order valence-electron chi connectivity index (χ1n) is 10.2. The van der Waals surface area contributed by atoms with Crippen molar-refractivity contribution in [2.24, 2.45) is 0 Å². The summed E-state index contributed by atoms with van der Waals surface area (Å²) in [5.74, 6) is -0.524. The van der Waals surface area contributed by atoms with Crippen LogP contribution in [0.4, 0.5) is 10.1 Å². The molecule has 0 fully saturated rings. The number of aromatic nitrogens is 6. The molecule has 3 aromatic carbocycles. The van der Waals surface area contributed by atoms with Crippen molar-refractivity contribution in [3.8, 4) is 22.6 Å². The van der Waals surface area contributed by atoms with Gasteiger partial charge in [0.2, 0.25) is 0 Å². The summed E-state index contributed by atoms with van der Waals surface area (Å²) >= 11 is 0. The molecule has 0 spiro atoms. The van der Waals surface area contributed by atoms with Crippen LogP contribution in [-0.2, 0) is 0 Å². The molecule has 0 atom stereocenters. The fraction of sp³-hybridized carbons (Fsp3) is 0.0417. The van der Waals surface area contributed by atoms with E-state index in [4.69, 9.17) is 0 Å². The second-order valence-electron chi connectivity index (χ2n) is 7.29. The Balaban J connectivity index is 1.54. The summed E-state index contributed by atoms with van der Waals surface area (Å²) in [6.45, 7) is 1.73. The van der Waals surface area contributed by atoms with Crippen molar-refractivity contribution >= 4 is 11.6 Å². The van der Waals surface area contributed by atoms with Crippen LogP contribution in [0.5, 0.6) is 0 Å². The summed E-state index contributed by atoms with van der Waals surface area (Å²) in [5, 5.41) is 18.6. The van der Waals surface area contributed by atoms with Gasteiger partial charge >= 0.3 is 0 Å². The highest BCUT2D eigenvalue weighted by atomic mass is 19.1. The summed E-state index contributed by atoms with van der Waals surface area (Å²) in [5.41, 5.74) is 2.92. The molecule has 2 heterocycles. The average molecular weight is 439 g/mol. The number of halogens is 1. The molecule has 33 heavy (non-hydrogen) atoms. The molecule has 0 aliphatic rings. The Hall–Kier alpha value is -4.66. The Bertz CT molecular complexity index is 1430. The topological polar surface area (TPSA) is 90.5 Å². The van der Waals surface area contributed by atoms with E-state index >= 15 is 0 Å². The highest BCUT2D eigenvalue weighted by Gasteiger charge is 2.20. The van der Waals surface area contributed by atoms with E-state index in [1.54, 1.807) is 17.8 Å². The van der Waals surface area contributed by atoms with Crippen LogP contribution in [0.15, 0.2) is 85.1 Å². The van der Waals surface area contributed by atoms with Crippen LogP contribution in [0.1, 0.15) is 16.2 Å². The number of nitrogens with zero attached hydrogens (tertiary/aromatic N) is 6. The normalized spacial score (nSPS) is 10.8. The molecule has 9 heteroatoms. The lowest BCUT2D eigenvalue weighted by molar-refractivity contribution is 0.102. The third-order valence-electron chi connectivity index (χ3n) is 5.09. The zero-order valence-electron chi connectivity index (χ0n) is 17.6. The van der Waals surface area contributed by atoms with Gasteiger partial charge in [0, 0.05) is 11.8 Å². The fourth-order valence-electron chi connectivity index (χ4n) is 3.46. The van der Waals surface area contributed by atoms with E-state index in [1.807, 2.05) is 60.7 Å². The van der Waals surface area contributed by atoms with E-state index in [1.165, 1.54) is 22.9 Å². The largest absolute Gasteiger partial charge is 0.319 e. The second kappa shape index (κ2) is 8.46. The molecule has 0 radical (unpaired) electrons. The lowest BCUT2D eigenvalue weighted by Gasteiger charge is -2.09. The predicted octanol–water partition coefficient (Wildman–Crippen LogP) is 4.21. The summed E-state index contributed by atoms with van der Waals surface area (Å²) in [7, 11) is 0. The van der Waals surface area contributed by atoms with Crippen molar-refractivity contribution in [3.05, 3.63) is 102 Å². The number of rotatable bonds is 5. The number of para-hydroxylation sites is 1. The van der Waals surface area contributed by atoms with Gasteiger partial charge in [-0.15, -0.1) is 5.10 Å². The van der Waals surface area contributed by atoms with E-state index in [-0.39, 0.29) is 5.69 Å². The van der Waals surface area contributed by atoms with Gasteiger partial charge in [-0.3, -0.25) is 4.79 Å². The molecule has 5 aromatic rings. The fourth-order valence-corrected chi connectivity index (χ4v) is 3.46. The number of amides is 1. The number of carbonyl (C=O) groups is 1. The molecule has 8 nitrogen and oxygen atoms in total. The Morgan fingerprint density at radius 3 is 2.36 bits per heavy atom. The second-order valence-corrected chi connectivity index (χ2v) is 7.29. The quantitative estimate of drug-likeness (QED) is 0.443.